The molecule has 2 N–H and O–H groups in total. The third kappa shape index (κ3) is 4.55. The standard InChI is InChI=1S/C18H23F3N6O/c1-11-9-16(26(3)25-11)27-8-4-5-13(10-27)23-17(28)24-14-6-7-15(18(19,20)21)22-12(14)2/h6-7,9,13H,4-5,8,10H2,1-3H3,(H2,23,24,28). The normalized spacial score (nSPS) is 17.5. The molecule has 3 rings (SSSR count). The van der Waals surface area contributed by atoms with Crippen LogP contribution in [0, 0.1) is 13.8 Å². The Kier molecular flexibility index (Phi) is 5.48. The highest BCUT2D eigenvalue weighted by atomic mass is 19.4. The van der Waals surface area contributed by atoms with Crippen molar-refractivity contribution < 1.29 is 18.0 Å². The first-order chi connectivity index (χ1) is 13.1. The van der Waals surface area contributed by atoms with Gasteiger partial charge < -0.3 is 15.5 Å². The van der Waals surface area contributed by atoms with Crippen LogP contribution in [0.2, 0.25) is 0 Å². The number of aryl methyl sites for hydroxylation is 3. The van der Waals surface area contributed by atoms with Crippen molar-refractivity contribution in [2.24, 2.45) is 7.05 Å². The van der Waals surface area contributed by atoms with Crippen LogP contribution in [-0.4, -0.2) is 39.9 Å². The average molecular weight is 396 g/mol. The number of aromatic nitrogens is 3. The topological polar surface area (TPSA) is 75.1 Å². The van der Waals surface area contributed by atoms with Crippen LogP contribution in [-0.2, 0) is 13.2 Å². The summed E-state index contributed by atoms with van der Waals surface area (Å²) < 4.78 is 39.9. The average Bonchev–Trinajstić information content (AvgIpc) is 2.94. The number of carbonyl (C=O) groups is 1. The summed E-state index contributed by atoms with van der Waals surface area (Å²) >= 11 is 0. The summed E-state index contributed by atoms with van der Waals surface area (Å²) in [5, 5.41) is 9.83. The largest absolute Gasteiger partial charge is 0.433 e. The van der Waals surface area contributed by atoms with E-state index >= 15 is 0 Å². The lowest BCUT2D eigenvalue weighted by Gasteiger charge is -2.34. The molecule has 0 radical (unpaired) electrons. The Labute approximate surface area is 160 Å². The molecule has 7 nitrogen and oxygen atoms in total. The van der Waals surface area contributed by atoms with Crippen LogP contribution in [0.25, 0.3) is 0 Å². The molecule has 2 aromatic rings. The predicted molar refractivity (Wildman–Crippen MR) is 99.3 cm³/mol. The number of hydrogen-bond donors (Lipinski definition) is 2. The SMILES string of the molecule is Cc1cc(N2CCCC(NC(=O)Nc3ccc(C(F)(F)F)nc3C)C2)n(C)n1. The summed E-state index contributed by atoms with van der Waals surface area (Å²) in [7, 11) is 1.88. The highest BCUT2D eigenvalue weighted by Gasteiger charge is 2.32. The van der Waals surface area contributed by atoms with Crippen molar-refractivity contribution in [2.45, 2.75) is 38.9 Å². The highest BCUT2D eigenvalue weighted by Crippen LogP contribution is 2.29. The van der Waals surface area contributed by atoms with E-state index in [9.17, 15) is 18.0 Å². The number of halogens is 3. The van der Waals surface area contributed by atoms with Gasteiger partial charge in [-0.15, -0.1) is 0 Å². The molecule has 1 aliphatic heterocycles. The van der Waals surface area contributed by atoms with Gasteiger partial charge in [-0.05, 0) is 38.8 Å². The number of hydrogen-bond acceptors (Lipinski definition) is 4. The number of alkyl halides is 3. The van der Waals surface area contributed by atoms with Crippen LogP contribution in [0.5, 0.6) is 0 Å². The minimum atomic E-state index is -4.51. The summed E-state index contributed by atoms with van der Waals surface area (Å²) in [6, 6.07) is 3.54. The predicted octanol–water partition coefficient (Wildman–Crippen LogP) is 3.24. The Morgan fingerprint density at radius 1 is 1.29 bits per heavy atom. The van der Waals surface area contributed by atoms with E-state index in [1.165, 1.54) is 13.0 Å². The van der Waals surface area contributed by atoms with E-state index < -0.39 is 17.9 Å². The van der Waals surface area contributed by atoms with Gasteiger partial charge in [-0.2, -0.15) is 18.3 Å². The van der Waals surface area contributed by atoms with E-state index in [-0.39, 0.29) is 17.4 Å². The van der Waals surface area contributed by atoms with Crippen LogP contribution >= 0.6 is 0 Å². The van der Waals surface area contributed by atoms with Crippen LogP contribution in [0.3, 0.4) is 0 Å². The number of urea groups is 1. The minimum Gasteiger partial charge on any atom is -0.355 e. The summed E-state index contributed by atoms with van der Waals surface area (Å²) in [5.41, 5.74) is 0.307. The van der Waals surface area contributed by atoms with Gasteiger partial charge in [0.05, 0.1) is 17.1 Å². The molecule has 1 fully saturated rings. The van der Waals surface area contributed by atoms with Crippen molar-refractivity contribution >= 4 is 17.5 Å². The molecule has 1 aliphatic rings. The summed E-state index contributed by atoms with van der Waals surface area (Å²) in [5.74, 6) is 0.993. The maximum Gasteiger partial charge on any atom is 0.433 e. The maximum absolute atomic E-state index is 12.7. The maximum atomic E-state index is 12.7. The third-order valence-electron chi connectivity index (χ3n) is 4.68. The first-order valence-corrected chi connectivity index (χ1v) is 9.01. The molecule has 1 atom stereocenters. The molecule has 1 unspecified atom stereocenters. The molecule has 152 valence electrons. The summed E-state index contributed by atoms with van der Waals surface area (Å²) in [6.07, 6.45) is -2.78. The Morgan fingerprint density at radius 2 is 2.04 bits per heavy atom. The molecule has 0 saturated carbocycles. The molecule has 3 heterocycles. The monoisotopic (exact) mass is 396 g/mol. The lowest BCUT2D eigenvalue weighted by molar-refractivity contribution is -0.141. The quantitative estimate of drug-likeness (QED) is 0.835. The van der Waals surface area contributed by atoms with Crippen LogP contribution in [0.15, 0.2) is 18.2 Å². The number of piperidine rings is 1. The fourth-order valence-corrected chi connectivity index (χ4v) is 3.39. The number of nitrogens with one attached hydrogen (secondary N) is 2. The van der Waals surface area contributed by atoms with E-state index in [2.05, 4.69) is 25.6 Å². The first-order valence-electron chi connectivity index (χ1n) is 9.01. The number of amides is 2. The van der Waals surface area contributed by atoms with Crippen molar-refractivity contribution in [1.29, 1.82) is 0 Å². The summed E-state index contributed by atoms with van der Waals surface area (Å²) in [6.45, 7) is 4.87. The number of nitrogens with zero attached hydrogens (tertiary/aromatic N) is 4. The van der Waals surface area contributed by atoms with E-state index in [1.807, 2.05) is 24.7 Å². The van der Waals surface area contributed by atoms with Gasteiger partial charge in [-0.25, -0.2) is 9.78 Å². The van der Waals surface area contributed by atoms with Crippen LogP contribution in [0.4, 0.5) is 29.5 Å². The van der Waals surface area contributed by atoms with Crippen molar-refractivity contribution in [3.8, 4) is 0 Å². The number of pyridine rings is 1. The van der Waals surface area contributed by atoms with Crippen molar-refractivity contribution in [2.75, 3.05) is 23.3 Å². The molecule has 2 amide bonds. The smallest absolute Gasteiger partial charge is 0.355 e. The molecule has 0 spiro atoms. The number of carbonyl (C=O) groups excluding carboxylic acids is 1. The van der Waals surface area contributed by atoms with Crippen molar-refractivity contribution in [3.63, 3.8) is 0 Å². The molecular weight excluding hydrogens is 373 g/mol. The summed E-state index contributed by atoms with van der Waals surface area (Å²) in [4.78, 5) is 18.0. The zero-order valence-electron chi connectivity index (χ0n) is 16.0. The Morgan fingerprint density at radius 3 is 2.64 bits per heavy atom. The van der Waals surface area contributed by atoms with Gasteiger partial charge in [0.15, 0.2) is 0 Å². The van der Waals surface area contributed by atoms with Gasteiger partial charge in [0.25, 0.3) is 0 Å². The molecule has 0 aliphatic carbocycles. The van der Waals surface area contributed by atoms with Gasteiger partial charge in [0.2, 0.25) is 0 Å². The lowest BCUT2D eigenvalue weighted by Crippen LogP contribution is -2.49. The second kappa shape index (κ2) is 7.69. The van der Waals surface area contributed by atoms with E-state index in [1.54, 1.807) is 0 Å². The van der Waals surface area contributed by atoms with Gasteiger partial charge in [0.1, 0.15) is 11.5 Å². The Balaban J connectivity index is 1.61. The van der Waals surface area contributed by atoms with Gasteiger partial charge in [0, 0.05) is 32.2 Å². The Bertz CT molecular complexity index is 863. The van der Waals surface area contributed by atoms with E-state index in [4.69, 9.17) is 0 Å². The van der Waals surface area contributed by atoms with Gasteiger partial charge in [-0.1, -0.05) is 0 Å². The molecule has 2 aromatic heterocycles. The van der Waals surface area contributed by atoms with Gasteiger partial charge in [-0.3, -0.25) is 4.68 Å². The van der Waals surface area contributed by atoms with E-state index in [0.717, 1.165) is 37.0 Å². The second-order valence-corrected chi connectivity index (χ2v) is 6.98. The zero-order valence-corrected chi connectivity index (χ0v) is 16.0. The van der Waals surface area contributed by atoms with Crippen molar-refractivity contribution in [3.05, 3.63) is 35.3 Å². The number of rotatable bonds is 3. The Hall–Kier alpha value is -2.78. The number of anilines is 2. The van der Waals surface area contributed by atoms with Crippen molar-refractivity contribution in [1.82, 2.24) is 20.1 Å². The molecular formula is C18H23F3N6O. The lowest BCUT2D eigenvalue weighted by atomic mass is 10.1. The zero-order chi connectivity index (χ0) is 20.5. The molecule has 0 aromatic carbocycles. The molecule has 10 heteroatoms. The van der Waals surface area contributed by atoms with E-state index in [0.29, 0.717) is 6.54 Å². The third-order valence-corrected chi connectivity index (χ3v) is 4.68. The fraction of sp³-hybridized carbons (Fsp3) is 0.500. The molecule has 1 saturated heterocycles. The second-order valence-electron chi connectivity index (χ2n) is 6.98. The fourth-order valence-electron chi connectivity index (χ4n) is 3.39. The van der Waals surface area contributed by atoms with Crippen LogP contribution in [0.1, 0.15) is 29.9 Å². The molecule has 28 heavy (non-hydrogen) atoms. The minimum absolute atomic E-state index is 0.0772. The van der Waals surface area contributed by atoms with Gasteiger partial charge >= 0.3 is 12.2 Å². The first kappa shape index (κ1) is 20.0. The highest BCUT2D eigenvalue weighted by molar-refractivity contribution is 5.90. The van der Waals surface area contributed by atoms with Crippen LogP contribution < -0.4 is 15.5 Å². The molecule has 0 bridgehead atoms.